The molecule has 0 spiro atoms. The summed E-state index contributed by atoms with van der Waals surface area (Å²) in [7, 11) is 1.67. The van der Waals surface area contributed by atoms with Crippen LogP contribution in [0.4, 0.5) is 17.5 Å². The third-order valence-electron chi connectivity index (χ3n) is 4.17. The van der Waals surface area contributed by atoms with Crippen molar-refractivity contribution in [2.75, 3.05) is 30.9 Å². The number of anilines is 3. The first-order chi connectivity index (χ1) is 13.3. The minimum absolute atomic E-state index is 0.564. The molecule has 3 aromatic rings. The molecule has 0 radical (unpaired) electrons. The van der Waals surface area contributed by atoms with Gasteiger partial charge in [-0.15, -0.1) is 0 Å². The van der Waals surface area contributed by atoms with Crippen LogP contribution < -0.4 is 10.6 Å². The lowest BCUT2D eigenvalue weighted by molar-refractivity contribution is 0.210. The van der Waals surface area contributed by atoms with Gasteiger partial charge >= 0.3 is 0 Å². The first-order valence-corrected chi connectivity index (χ1v) is 8.96. The van der Waals surface area contributed by atoms with Crippen molar-refractivity contribution < 1.29 is 9.15 Å². The smallest absolute Gasteiger partial charge is 0.156 e. The van der Waals surface area contributed by atoms with Gasteiger partial charge in [-0.25, -0.2) is 9.97 Å². The summed E-state index contributed by atoms with van der Waals surface area (Å²) in [6.07, 6.45) is 7.73. The first kappa shape index (κ1) is 17.3. The molecule has 0 bridgehead atoms. The van der Waals surface area contributed by atoms with Crippen LogP contribution in [-0.2, 0) is 4.74 Å². The van der Waals surface area contributed by atoms with Gasteiger partial charge < -0.3 is 19.8 Å². The SMILES string of the molecule is COCCNc1cc(Nc2cc(C3CC3)[nH]n2)nc(/C=C/c2ccco2)n1. The van der Waals surface area contributed by atoms with Crippen LogP contribution in [0.15, 0.2) is 34.9 Å². The van der Waals surface area contributed by atoms with E-state index in [0.29, 0.717) is 36.5 Å². The average Bonchev–Trinajstić information content (AvgIpc) is 3.19. The Kier molecular flexibility index (Phi) is 5.15. The molecule has 8 heteroatoms. The minimum Gasteiger partial charge on any atom is -0.465 e. The molecular formula is C19H22N6O2. The van der Waals surface area contributed by atoms with Gasteiger partial charge in [0.15, 0.2) is 11.6 Å². The number of furan rings is 1. The Hall–Kier alpha value is -3.13. The van der Waals surface area contributed by atoms with Crippen LogP contribution in [0.5, 0.6) is 0 Å². The van der Waals surface area contributed by atoms with Crippen molar-refractivity contribution in [3.8, 4) is 0 Å². The molecule has 1 aliphatic carbocycles. The van der Waals surface area contributed by atoms with Crippen molar-refractivity contribution >= 4 is 29.6 Å². The molecule has 1 saturated carbocycles. The standard InChI is InChI=1S/C19H22N6O2/c1-26-10-8-20-17-12-18(23-19-11-15(24-25-19)13-4-5-13)22-16(21-17)7-6-14-3-2-9-27-14/h2-3,6-7,9,11-13H,4-5,8,10H2,1H3,(H3,20,21,22,23,24,25)/b7-6+. The maximum atomic E-state index is 5.32. The molecule has 0 unspecified atom stereocenters. The van der Waals surface area contributed by atoms with Crippen LogP contribution in [0.1, 0.15) is 36.0 Å². The number of nitrogens with one attached hydrogen (secondary N) is 3. The van der Waals surface area contributed by atoms with Crippen LogP contribution in [0, 0.1) is 0 Å². The monoisotopic (exact) mass is 366 g/mol. The van der Waals surface area contributed by atoms with Crippen LogP contribution in [0.3, 0.4) is 0 Å². The maximum absolute atomic E-state index is 5.32. The van der Waals surface area contributed by atoms with E-state index < -0.39 is 0 Å². The third-order valence-corrected chi connectivity index (χ3v) is 4.17. The Morgan fingerprint density at radius 1 is 1.22 bits per heavy atom. The summed E-state index contributed by atoms with van der Waals surface area (Å²) in [6.45, 7) is 1.25. The van der Waals surface area contributed by atoms with Gasteiger partial charge in [0.1, 0.15) is 17.4 Å². The van der Waals surface area contributed by atoms with Gasteiger partial charge in [0, 0.05) is 37.4 Å². The Labute approximate surface area is 157 Å². The molecule has 0 amide bonds. The molecule has 3 aromatic heterocycles. The van der Waals surface area contributed by atoms with Crippen LogP contribution >= 0.6 is 0 Å². The number of methoxy groups -OCH3 is 1. The molecule has 3 heterocycles. The lowest BCUT2D eigenvalue weighted by Gasteiger charge is -2.09. The first-order valence-electron chi connectivity index (χ1n) is 8.96. The summed E-state index contributed by atoms with van der Waals surface area (Å²) in [4.78, 5) is 9.07. The molecule has 0 saturated heterocycles. The molecule has 8 nitrogen and oxygen atoms in total. The van der Waals surface area contributed by atoms with Gasteiger partial charge in [0.05, 0.1) is 12.9 Å². The van der Waals surface area contributed by atoms with Crippen molar-refractivity contribution in [3.05, 3.63) is 47.8 Å². The lowest BCUT2D eigenvalue weighted by Crippen LogP contribution is -2.10. The molecule has 0 aliphatic heterocycles. The molecule has 1 aliphatic rings. The summed E-state index contributed by atoms with van der Waals surface area (Å²) in [5, 5.41) is 13.9. The van der Waals surface area contributed by atoms with Crippen molar-refractivity contribution in [2.45, 2.75) is 18.8 Å². The number of hydrogen-bond donors (Lipinski definition) is 3. The van der Waals surface area contributed by atoms with E-state index in [1.54, 1.807) is 13.4 Å². The summed E-state index contributed by atoms with van der Waals surface area (Å²) < 4.78 is 10.4. The topological polar surface area (TPSA) is 101 Å². The lowest BCUT2D eigenvalue weighted by atomic mass is 10.3. The van der Waals surface area contributed by atoms with Crippen molar-refractivity contribution in [3.63, 3.8) is 0 Å². The van der Waals surface area contributed by atoms with Gasteiger partial charge in [-0.2, -0.15) is 5.10 Å². The van der Waals surface area contributed by atoms with E-state index >= 15 is 0 Å². The second-order valence-electron chi connectivity index (χ2n) is 6.37. The third kappa shape index (κ3) is 4.73. The summed E-state index contributed by atoms with van der Waals surface area (Å²) in [5.74, 6) is 4.05. The second-order valence-corrected chi connectivity index (χ2v) is 6.37. The fourth-order valence-electron chi connectivity index (χ4n) is 2.65. The maximum Gasteiger partial charge on any atom is 0.156 e. The molecule has 0 atom stereocenters. The van der Waals surface area contributed by atoms with E-state index in [0.717, 1.165) is 11.6 Å². The highest BCUT2D eigenvalue weighted by atomic mass is 16.5. The number of nitrogens with zero attached hydrogens (tertiary/aromatic N) is 3. The number of rotatable bonds is 9. The Morgan fingerprint density at radius 3 is 2.89 bits per heavy atom. The zero-order valence-electron chi connectivity index (χ0n) is 15.1. The molecule has 0 aromatic carbocycles. The van der Waals surface area contributed by atoms with Crippen LogP contribution in [0.2, 0.25) is 0 Å². The van der Waals surface area contributed by atoms with Gasteiger partial charge in [-0.1, -0.05) is 0 Å². The van der Waals surface area contributed by atoms with Crippen molar-refractivity contribution in [2.24, 2.45) is 0 Å². The number of ether oxygens (including phenoxy) is 1. The van der Waals surface area contributed by atoms with Crippen LogP contribution in [0.25, 0.3) is 12.2 Å². The Morgan fingerprint density at radius 2 is 2.11 bits per heavy atom. The molecular weight excluding hydrogens is 344 g/mol. The normalized spacial score (nSPS) is 14.0. The predicted molar refractivity (Wildman–Crippen MR) is 104 cm³/mol. The number of hydrogen-bond acceptors (Lipinski definition) is 7. The molecule has 27 heavy (non-hydrogen) atoms. The van der Waals surface area contributed by atoms with Crippen molar-refractivity contribution in [1.29, 1.82) is 0 Å². The van der Waals surface area contributed by atoms with Gasteiger partial charge in [-0.05, 0) is 37.1 Å². The zero-order chi connectivity index (χ0) is 18.5. The van der Waals surface area contributed by atoms with Gasteiger partial charge in [0.25, 0.3) is 0 Å². The average molecular weight is 366 g/mol. The molecule has 140 valence electrons. The summed E-state index contributed by atoms with van der Waals surface area (Å²) in [5.41, 5.74) is 1.17. The highest BCUT2D eigenvalue weighted by molar-refractivity contribution is 5.66. The molecule has 4 rings (SSSR count). The van der Waals surface area contributed by atoms with Crippen LogP contribution in [-0.4, -0.2) is 40.4 Å². The summed E-state index contributed by atoms with van der Waals surface area (Å²) >= 11 is 0. The highest BCUT2D eigenvalue weighted by Crippen LogP contribution is 2.39. The fraction of sp³-hybridized carbons (Fsp3) is 0.316. The predicted octanol–water partition coefficient (Wildman–Crippen LogP) is 3.64. The summed E-state index contributed by atoms with van der Waals surface area (Å²) in [6, 6.07) is 7.60. The number of aromatic amines is 1. The Balaban J connectivity index is 1.53. The minimum atomic E-state index is 0.564. The fourth-order valence-corrected chi connectivity index (χ4v) is 2.65. The van der Waals surface area contributed by atoms with E-state index in [1.807, 2.05) is 36.4 Å². The zero-order valence-corrected chi connectivity index (χ0v) is 15.1. The van der Waals surface area contributed by atoms with E-state index in [4.69, 9.17) is 9.15 Å². The van der Waals surface area contributed by atoms with E-state index in [1.165, 1.54) is 18.5 Å². The van der Waals surface area contributed by atoms with E-state index in [-0.39, 0.29) is 0 Å². The van der Waals surface area contributed by atoms with Crippen molar-refractivity contribution in [1.82, 2.24) is 20.2 Å². The molecule has 1 fully saturated rings. The quantitative estimate of drug-likeness (QED) is 0.497. The highest BCUT2D eigenvalue weighted by Gasteiger charge is 2.25. The number of H-pyrrole nitrogens is 1. The van der Waals surface area contributed by atoms with Gasteiger partial charge in [0.2, 0.25) is 0 Å². The van der Waals surface area contributed by atoms with E-state index in [9.17, 15) is 0 Å². The second kappa shape index (κ2) is 8.05. The van der Waals surface area contributed by atoms with Gasteiger partial charge in [-0.3, -0.25) is 5.10 Å². The molecule has 3 N–H and O–H groups in total. The largest absolute Gasteiger partial charge is 0.465 e. The Bertz CT molecular complexity index is 899. The van der Waals surface area contributed by atoms with E-state index in [2.05, 4.69) is 30.8 Å². The number of aromatic nitrogens is 4.